The van der Waals surface area contributed by atoms with Crippen LogP contribution in [0.25, 0.3) is 11.3 Å². The minimum Gasteiger partial charge on any atom is -0.362 e. The van der Waals surface area contributed by atoms with Crippen LogP contribution in [-0.4, -0.2) is 43.6 Å². The Morgan fingerprint density at radius 1 is 1.06 bits per heavy atom. The summed E-state index contributed by atoms with van der Waals surface area (Å²) in [5, 5.41) is 2.59. The van der Waals surface area contributed by atoms with Crippen LogP contribution in [-0.2, 0) is 10.0 Å². The quantitative estimate of drug-likeness (QED) is 0.620. The Kier molecular flexibility index (Phi) is 5.91. The summed E-state index contributed by atoms with van der Waals surface area (Å²) in [6.45, 7) is 0.766. The fraction of sp³-hybridized carbons (Fsp3) is 0.174. The van der Waals surface area contributed by atoms with E-state index in [0.717, 1.165) is 18.5 Å². The van der Waals surface area contributed by atoms with Gasteiger partial charge in [0.25, 0.3) is 21.5 Å². The molecule has 1 saturated heterocycles. The number of nitrogens with zero attached hydrogens (tertiary/aromatic N) is 2. The Labute approximate surface area is 185 Å². The molecular formula is C23H22N4O4S. The van der Waals surface area contributed by atoms with E-state index in [2.05, 4.69) is 14.7 Å². The number of carbonyl (C=O) groups is 1. The Hall–Kier alpha value is -3.72. The second-order valence-electron chi connectivity index (χ2n) is 7.47. The fourth-order valence-corrected chi connectivity index (χ4v) is 4.61. The molecule has 0 bridgehead atoms. The molecule has 0 saturated carbocycles. The van der Waals surface area contributed by atoms with Gasteiger partial charge in [-0.1, -0.05) is 36.4 Å². The number of sulfonamides is 1. The molecule has 1 fully saturated rings. The number of H-pyrrole nitrogens is 1. The SMILES string of the molecule is CN1CCC/C1=N\S(=O)(=O)c1cccc(NC(=O)c2ccc(-c3ccccc3)[nH]c2=O)c1. The van der Waals surface area contributed by atoms with Gasteiger partial charge >= 0.3 is 0 Å². The van der Waals surface area contributed by atoms with E-state index in [0.29, 0.717) is 18.0 Å². The number of carbonyl (C=O) groups excluding carboxylic acids is 1. The van der Waals surface area contributed by atoms with Crippen molar-refractivity contribution in [2.75, 3.05) is 18.9 Å². The Morgan fingerprint density at radius 2 is 1.84 bits per heavy atom. The molecule has 0 radical (unpaired) electrons. The van der Waals surface area contributed by atoms with Gasteiger partial charge in [0.05, 0.1) is 4.90 Å². The molecule has 164 valence electrons. The lowest BCUT2D eigenvalue weighted by Crippen LogP contribution is -2.23. The van der Waals surface area contributed by atoms with E-state index in [-0.39, 0.29) is 16.1 Å². The van der Waals surface area contributed by atoms with Gasteiger partial charge in [0, 0.05) is 31.4 Å². The standard InChI is InChI=1S/C23H22N4O4S/c1-27-14-6-11-21(27)26-32(30,31)18-10-5-9-17(15-18)24-22(28)19-12-13-20(25-23(19)29)16-7-3-2-4-8-16/h2-5,7-10,12-13,15H,6,11,14H2,1H3,(H,24,28)(H,25,29)/b26-21+. The summed E-state index contributed by atoms with van der Waals surface area (Å²) in [5.41, 5.74) is 1.05. The minimum atomic E-state index is -3.92. The maximum absolute atomic E-state index is 12.7. The average molecular weight is 451 g/mol. The molecule has 1 aliphatic heterocycles. The van der Waals surface area contributed by atoms with Crippen molar-refractivity contribution in [3.05, 3.63) is 82.6 Å². The molecule has 1 aromatic heterocycles. The third-order valence-electron chi connectivity index (χ3n) is 5.19. The van der Waals surface area contributed by atoms with E-state index in [1.54, 1.807) is 19.2 Å². The number of pyridine rings is 1. The van der Waals surface area contributed by atoms with E-state index < -0.39 is 21.5 Å². The van der Waals surface area contributed by atoms with E-state index >= 15 is 0 Å². The smallest absolute Gasteiger partial charge is 0.284 e. The highest BCUT2D eigenvalue weighted by Gasteiger charge is 2.21. The second-order valence-corrected chi connectivity index (χ2v) is 9.07. The van der Waals surface area contributed by atoms with Crippen molar-refractivity contribution >= 4 is 27.5 Å². The lowest BCUT2D eigenvalue weighted by Gasteiger charge is -2.11. The van der Waals surface area contributed by atoms with E-state index in [4.69, 9.17) is 0 Å². The maximum atomic E-state index is 12.7. The van der Waals surface area contributed by atoms with Crippen molar-refractivity contribution in [1.82, 2.24) is 9.88 Å². The topological polar surface area (TPSA) is 112 Å². The first-order chi connectivity index (χ1) is 15.3. The number of benzene rings is 2. The normalized spacial score (nSPS) is 15.2. The highest BCUT2D eigenvalue weighted by Crippen LogP contribution is 2.21. The summed E-state index contributed by atoms with van der Waals surface area (Å²) in [6, 6.07) is 18.2. The lowest BCUT2D eigenvalue weighted by molar-refractivity contribution is 0.102. The van der Waals surface area contributed by atoms with Gasteiger partial charge in [-0.15, -0.1) is 4.40 Å². The first-order valence-corrected chi connectivity index (χ1v) is 11.5. The third-order valence-corrected chi connectivity index (χ3v) is 6.49. The maximum Gasteiger partial charge on any atom is 0.284 e. The van der Waals surface area contributed by atoms with Crippen LogP contribution in [0.5, 0.6) is 0 Å². The predicted molar refractivity (Wildman–Crippen MR) is 123 cm³/mol. The number of amidine groups is 1. The first-order valence-electron chi connectivity index (χ1n) is 10.1. The van der Waals surface area contributed by atoms with Gasteiger partial charge < -0.3 is 15.2 Å². The summed E-state index contributed by atoms with van der Waals surface area (Å²) < 4.78 is 29.3. The molecule has 8 nitrogen and oxygen atoms in total. The molecule has 3 aromatic rings. The van der Waals surface area contributed by atoms with Crippen molar-refractivity contribution in [2.24, 2.45) is 4.40 Å². The largest absolute Gasteiger partial charge is 0.362 e. The molecule has 4 rings (SSSR count). The summed E-state index contributed by atoms with van der Waals surface area (Å²) in [7, 11) is -2.11. The van der Waals surface area contributed by atoms with Gasteiger partial charge in [0.1, 0.15) is 11.4 Å². The monoisotopic (exact) mass is 450 g/mol. The van der Waals surface area contributed by atoms with Crippen molar-refractivity contribution in [3.63, 3.8) is 0 Å². The Balaban J connectivity index is 1.55. The van der Waals surface area contributed by atoms with Crippen LogP contribution in [0, 0.1) is 0 Å². The van der Waals surface area contributed by atoms with Crippen LogP contribution in [0.1, 0.15) is 23.2 Å². The molecule has 1 amide bonds. The van der Waals surface area contributed by atoms with Crippen molar-refractivity contribution in [1.29, 1.82) is 0 Å². The summed E-state index contributed by atoms with van der Waals surface area (Å²) in [6.07, 6.45) is 1.46. The highest BCUT2D eigenvalue weighted by atomic mass is 32.2. The summed E-state index contributed by atoms with van der Waals surface area (Å²) in [4.78, 5) is 29.6. The third kappa shape index (κ3) is 4.62. The molecule has 0 aliphatic carbocycles. The first kappa shape index (κ1) is 21.5. The zero-order valence-corrected chi connectivity index (χ0v) is 18.2. The fourth-order valence-electron chi connectivity index (χ4n) is 3.47. The van der Waals surface area contributed by atoms with Gasteiger partial charge in [-0.25, -0.2) is 0 Å². The zero-order valence-electron chi connectivity index (χ0n) is 17.4. The van der Waals surface area contributed by atoms with Crippen molar-refractivity contribution < 1.29 is 13.2 Å². The number of aromatic nitrogens is 1. The number of hydrogen-bond acceptors (Lipinski definition) is 4. The van der Waals surface area contributed by atoms with E-state index in [9.17, 15) is 18.0 Å². The number of hydrogen-bond donors (Lipinski definition) is 2. The molecular weight excluding hydrogens is 428 g/mol. The van der Waals surface area contributed by atoms with Crippen LogP contribution in [0.2, 0.25) is 0 Å². The molecule has 0 atom stereocenters. The van der Waals surface area contributed by atoms with Crippen molar-refractivity contribution in [2.45, 2.75) is 17.7 Å². The molecule has 2 N–H and O–H groups in total. The summed E-state index contributed by atoms with van der Waals surface area (Å²) in [5.74, 6) is -0.119. The van der Waals surface area contributed by atoms with Crippen LogP contribution in [0.3, 0.4) is 0 Å². The van der Waals surface area contributed by atoms with Gasteiger partial charge in [-0.3, -0.25) is 9.59 Å². The average Bonchev–Trinajstić information content (AvgIpc) is 3.18. The van der Waals surface area contributed by atoms with Crippen LogP contribution < -0.4 is 10.9 Å². The number of rotatable bonds is 5. The molecule has 0 spiro atoms. The molecule has 0 unspecified atom stereocenters. The zero-order chi connectivity index (χ0) is 22.7. The van der Waals surface area contributed by atoms with Gasteiger partial charge in [-0.2, -0.15) is 8.42 Å². The van der Waals surface area contributed by atoms with E-state index in [1.165, 1.54) is 24.3 Å². The van der Waals surface area contributed by atoms with Gasteiger partial charge in [0.15, 0.2) is 0 Å². The molecule has 1 aliphatic rings. The molecule has 2 aromatic carbocycles. The highest BCUT2D eigenvalue weighted by molar-refractivity contribution is 7.90. The molecule has 2 heterocycles. The molecule has 32 heavy (non-hydrogen) atoms. The number of amides is 1. The Morgan fingerprint density at radius 3 is 2.53 bits per heavy atom. The Bertz CT molecular complexity index is 1350. The number of nitrogens with one attached hydrogen (secondary N) is 2. The van der Waals surface area contributed by atoms with Crippen LogP contribution in [0.15, 0.2) is 80.8 Å². The van der Waals surface area contributed by atoms with Crippen LogP contribution in [0.4, 0.5) is 5.69 Å². The lowest BCUT2D eigenvalue weighted by atomic mass is 10.1. The minimum absolute atomic E-state index is 0.0311. The predicted octanol–water partition coefficient (Wildman–Crippen LogP) is 3.11. The number of anilines is 1. The summed E-state index contributed by atoms with van der Waals surface area (Å²) >= 11 is 0. The molecule has 9 heteroatoms. The van der Waals surface area contributed by atoms with Gasteiger partial charge in [0.2, 0.25) is 0 Å². The second kappa shape index (κ2) is 8.80. The number of likely N-dealkylation sites (tertiary alicyclic amines) is 1. The van der Waals surface area contributed by atoms with Crippen LogP contribution >= 0.6 is 0 Å². The van der Waals surface area contributed by atoms with Crippen molar-refractivity contribution in [3.8, 4) is 11.3 Å². The van der Waals surface area contributed by atoms with E-state index in [1.807, 2.05) is 35.2 Å². The number of aromatic amines is 1. The van der Waals surface area contributed by atoms with Gasteiger partial charge in [-0.05, 0) is 42.3 Å².